The number of amides is 1. The van der Waals surface area contributed by atoms with Crippen molar-refractivity contribution in [3.63, 3.8) is 0 Å². The van der Waals surface area contributed by atoms with Crippen LogP contribution in [0.2, 0.25) is 5.02 Å². The molecule has 0 bridgehead atoms. The lowest BCUT2D eigenvalue weighted by Crippen LogP contribution is -2.42. The Morgan fingerprint density at radius 3 is 2.72 bits per heavy atom. The maximum atomic E-state index is 12.0. The molecule has 18 heavy (non-hydrogen) atoms. The Balaban J connectivity index is 2.12. The van der Waals surface area contributed by atoms with Crippen molar-refractivity contribution in [2.75, 3.05) is 13.1 Å². The molecule has 2 aromatic rings. The van der Waals surface area contributed by atoms with Crippen molar-refractivity contribution in [1.82, 2.24) is 4.90 Å². The molecule has 0 aliphatic carbocycles. The van der Waals surface area contributed by atoms with Crippen LogP contribution in [-0.4, -0.2) is 23.9 Å². The topological polar surface area (TPSA) is 50.5 Å². The van der Waals surface area contributed by atoms with Crippen LogP contribution in [0, 0.1) is 0 Å². The van der Waals surface area contributed by atoms with Crippen LogP contribution in [0.1, 0.15) is 17.0 Å². The molecule has 0 radical (unpaired) electrons. The molecule has 0 saturated carbocycles. The zero-order valence-corrected chi connectivity index (χ0v) is 10.2. The van der Waals surface area contributed by atoms with Crippen molar-refractivity contribution >= 4 is 28.5 Å². The average molecular weight is 264 g/mol. The van der Waals surface area contributed by atoms with Crippen molar-refractivity contribution in [3.8, 4) is 0 Å². The molecule has 0 N–H and O–H groups in total. The van der Waals surface area contributed by atoms with Crippen LogP contribution in [0.25, 0.3) is 11.0 Å². The van der Waals surface area contributed by atoms with Crippen LogP contribution < -0.4 is 5.43 Å². The second-order valence-electron chi connectivity index (χ2n) is 4.26. The molecule has 3 rings (SSSR count). The fourth-order valence-electron chi connectivity index (χ4n) is 1.91. The van der Waals surface area contributed by atoms with Gasteiger partial charge in [0.15, 0.2) is 11.2 Å². The van der Waals surface area contributed by atoms with Gasteiger partial charge in [0.05, 0.1) is 5.39 Å². The SMILES string of the molecule is O=C(c1cc(=O)c2cc(Cl)ccc2o1)N1CCC1. The van der Waals surface area contributed by atoms with E-state index in [4.69, 9.17) is 16.0 Å². The smallest absolute Gasteiger partial charge is 0.289 e. The lowest BCUT2D eigenvalue weighted by molar-refractivity contribution is 0.0619. The molecule has 4 nitrogen and oxygen atoms in total. The van der Waals surface area contributed by atoms with Crippen LogP contribution in [0.15, 0.2) is 33.5 Å². The van der Waals surface area contributed by atoms with E-state index < -0.39 is 0 Å². The Morgan fingerprint density at radius 1 is 1.28 bits per heavy atom. The predicted molar refractivity (Wildman–Crippen MR) is 68.0 cm³/mol. The molecular formula is C13H10ClNO3. The molecule has 0 atom stereocenters. The highest BCUT2D eigenvalue weighted by molar-refractivity contribution is 6.31. The molecule has 1 aliphatic rings. The molecule has 1 saturated heterocycles. The first-order chi connectivity index (χ1) is 8.65. The number of likely N-dealkylation sites (tertiary alicyclic amines) is 1. The molecule has 1 aromatic carbocycles. The highest BCUT2D eigenvalue weighted by Gasteiger charge is 2.24. The highest BCUT2D eigenvalue weighted by atomic mass is 35.5. The summed E-state index contributed by atoms with van der Waals surface area (Å²) in [7, 11) is 0. The number of benzene rings is 1. The number of nitrogens with zero attached hydrogens (tertiary/aromatic N) is 1. The summed E-state index contributed by atoms with van der Waals surface area (Å²) in [6, 6.07) is 6.01. The third-order valence-corrected chi connectivity index (χ3v) is 3.28. The minimum absolute atomic E-state index is 0.0922. The van der Waals surface area contributed by atoms with Crippen molar-refractivity contribution < 1.29 is 9.21 Å². The Kier molecular flexibility index (Phi) is 2.59. The Morgan fingerprint density at radius 2 is 2.06 bits per heavy atom. The van der Waals surface area contributed by atoms with Gasteiger partial charge in [0.25, 0.3) is 5.91 Å². The van der Waals surface area contributed by atoms with Crippen molar-refractivity contribution in [3.05, 3.63) is 45.3 Å². The van der Waals surface area contributed by atoms with Crippen LogP contribution in [0.4, 0.5) is 0 Å². The van der Waals surface area contributed by atoms with Crippen molar-refractivity contribution in [2.24, 2.45) is 0 Å². The number of fused-ring (bicyclic) bond motifs is 1. The van der Waals surface area contributed by atoms with Gasteiger partial charge >= 0.3 is 0 Å². The molecule has 2 heterocycles. The Labute approximate surface area is 108 Å². The molecular weight excluding hydrogens is 254 g/mol. The average Bonchev–Trinajstić information content (AvgIpc) is 2.27. The summed E-state index contributed by atoms with van der Waals surface area (Å²) < 4.78 is 5.47. The fraction of sp³-hybridized carbons (Fsp3) is 0.231. The summed E-state index contributed by atoms with van der Waals surface area (Å²) in [6.07, 6.45) is 0.999. The van der Waals surface area contributed by atoms with Crippen LogP contribution in [0.5, 0.6) is 0 Å². The van der Waals surface area contributed by atoms with Gasteiger partial charge in [0, 0.05) is 24.2 Å². The number of hydrogen-bond acceptors (Lipinski definition) is 3. The lowest BCUT2D eigenvalue weighted by atomic mass is 10.2. The zero-order valence-electron chi connectivity index (χ0n) is 9.48. The second kappa shape index (κ2) is 4.14. The first kappa shape index (κ1) is 11.3. The first-order valence-electron chi connectivity index (χ1n) is 5.68. The summed E-state index contributed by atoms with van der Waals surface area (Å²) in [5, 5.41) is 0.860. The van der Waals surface area contributed by atoms with Gasteiger partial charge in [-0.25, -0.2) is 0 Å². The predicted octanol–water partition coefficient (Wildman–Crippen LogP) is 2.29. The van der Waals surface area contributed by atoms with E-state index in [1.165, 1.54) is 6.07 Å². The number of hydrogen-bond donors (Lipinski definition) is 0. The van der Waals surface area contributed by atoms with Crippen molar-refractivity contribution in [1.29, 1.82) is 0 Å². The highest BCUT2D eigenvalue weighted by Crippen LogP contribution is 2.19. The molecule has 1 amide bonds. The van der Waals surface area contributed by atoms with E-state index in [1.54, 1.807) is 23.1 Å². The Bertz CT molecular complexity index is 688. The lowest BCUT2D eigenvalue weighted by Gasteiger charge is -2.30. The van der Waals surface area contributed by atoms with Gasteiger partial charge in [-0.05, 0) is 24.6 Å². The van der Waals surface area contributed by atoms with E-state index in [1.807, 2.05) is 0 Å². The summed E-state index contributed by atoms with van der Waals surface area (Å²) in [4.78, 5) is 25.5. The van der Waals surface area contributed by atoms with Gasteiger partial charge in [-0.15, -0.1) is 0 Å². The minimum Gasteiger partial charge on any atom is -0.451 e. The maximum Gasteiger partial charge on any atom is 0.289 e. The molecule has 0 spiro atoms. The van der Waals surface area contributed by atoms with E-state index >= 15 is 0 Å². The summed E-state index contributed by atoms with van der Waals surface area (Å²) >= 11 is 5.82. The van der Waals surface area contributed by atoms with Gasteiger partial charge < -0.3 is 9.32 Å². The molecule has 5 heteroatoms. The summed E-state index contributed by atoms with van der Waals surface area (Å²) in [6.45, 7) is 1.45. The molecule has 1 aromatic heterocycles. The summed E-state index contributed by atoms with van der Waals surface area (Å²) in [5.41, 5.74) is 0.137. The molecule has 1 aliphatic heterocycles. The van der Waals surface area contributed by atoms with Gasteiger partial charge in [-0.1, -0.05) is 11.6 Å². The number of halogens is 1. The van der Waals surface area contributed by atoms with E-state index in [9.17, 15) is 9.59 Å². The maximum absolute atomic E-state index is 12.0. The quantitative estimate of drug-likeness (QED) is 0.793. The van der Waals surface area contributed by atoms with Crippen LogP contribution in [0.3, 0.4) is 0 Å². The standard InChI is InChI=1S/C13H10ClNO3/c14-8-2-3-11-9(6-8)10(16)7-12(18-11)13(17)15-4-1-5-15/h2-3,6-7H,1,4-5H2. The van der Waals surface area contributed by atoms with Crippen LogP contribution >= 0.6 is 11.6 Å². The van der Waals surface area contributed by atoms with Crippen LogP contribution in [-0.2, 0) is 0 Å². The fourth-order valence-corrected chi connectivity index (χ4v) is 2.08. The minimum atomic E-state index is -0.248. The van der Waals surface area contributed by atoms with Gasteiger partial charge in [-0.2, -0.15) is 0 Å². The van der Waals surface area contributed by atoms with E-state index in [0.29, 0.717) is 16.0 Å². The molecule has 92 valence electrons. The number of rotatable bonds is 1. The third-order valence-electron chi connectivity index (χ3n) is 3.04. The third kappa shape index (κ3) is 1.78. The largest absolute Gasteiger partial charge is 0.451 e. The number of carbonyl (C=O) groups is 1. The Hall–Kier alpha value is -1.81. The number of carbonyl (C=O) groups excluding carboxylic acids is 1. The monoisotopic (exact) mass is 263 g/mol. The molecule has 1 fully saturated rings. The van der Waals surface area contributed by atoms with E-state index in [0.717, 1.165) is 19.5 Å². The van der Waals surface area contributed by atoms with E-state index in [2.05, 4.69) is 0 Å². The van der Waals surface area contributed by atoms with Gasteiger partial charge in [-0.3, -0.25) is 9.59 Å². The summed E-state index contributed by atoms with van der Waals surface area (Å²) in [5.74, 6) is -0.135. The zero-order chi connectivity index (χ0) is 12.7. The van der Waals surface area contributed by atoms with Gasteiger partial charge in [0.2, 0.25) is 0 Å². The van der Waals surface area contributed by atoms with Crippen molar-refractivity contribution in [2.45, 2.75) is 6.42 Å². The normalized spacial score (nSPS) is 14.6. The second-order valence-corrected chi connectivity index (χ2v) is 4.70. The molecule has 0 unspecified atom stereocenters. The van der Waals surface area contributed by atoms with E-state index in [-0.39, 0.29) is 17.1 Å². The first-order valence-corrected chi connectivity index (χ1v) is 6.05. The van der Waals surface area contributed by atoms with Gasteiger partial charge in [0.1, 0.15) is 5.58 Å².